The molecule has 0 aromatic heterocycles. The van der Waals surface area contributed by atoms with Gasteiger partial charge in [-0.1, -0.05) is 41.0 Å². The second-order valence-corrected chi connectivity index (χ2v) is 6.58. The van der Waals surface area contributed by atoms with Crippen molar-refractivity contribution in [2.45, 2.75) is 72.4 Å². The van der Waals surface area contributed by atoms with Gasteiger partial charge in [0.2, 0.25) is 0 Å². The fraction of sp³-hybridized carbons (Fsp3) is 1.00. The van der Waals surface area contributed by atoms with Crippen molar-refractivity contribution in [1.29, 1.82) is 0 Å². The Balaban J connectivity index is 2.57. The Hall–Kier alpha value is -0.0800. The summed E-state index contributed by atoms with van der Waals surface area (Å²) < 4.78 is 6.13. The molecule has 1 aliphatic carbocycles. The smallest absolute Gasteiger partial charge is 0.0733 e. The highest BCUT2D eigenvalue weighted by molar-refractivity contribution is 4.94. The lowest BCUT2D eigenvalue weighted by Gasteiger charge is -2.44. The summed E-state index contributed by atoms with van der Waals surface area (Å²) in [5.74, 6) is 0.631. The Morgan fingerprint density at radius 3 is 2.65 bits per heavy atom. The molecule has 0 radical (unpaired) electrons. The van der Waals surface area contributed by atoms with Gasteiger partial charge in [0.1, 0.15) is 0 Å². The van der Waals surface area contributed by atoms with Crippen LogP contribution in [-0.2, 0) is 4.74 Å². The molecule has 0 bridgehead atoms. The van der Waals surface area contributed by atoms with Crippen LogP contribution in [0.1, 0.15) is 60.3 Å². The third-order valence-corrected chi connectivity index (χ3v) is 3.78. The molecule has 0 amide bonds. The topological polar surface area (TPSA) is 21.3 Å². The molecule has 0 aliphatic heterocycles. The van der Waals surface area contributed by atoms with Gasteiger partial charge in [0.15, 0.2) is 0 Å². The van der Waals surface area contributed by atoms with E-state index < -0.39 is 0 Å². The Kier molecular flexibility index (Phi) is 5.94. The van der Waals surface area contributed by atoms with Crippen LogP contribution in [-0.4, -0.2) is 25.3 Å². The summed E-state index contributed by atoms with van der Waals surface area (Å²) in [7, 11) is 0. The summed E-state index contributed by atoms with van der Waals surface area (Å²) in [6.45, 7) is 13.4. The van der Waals surface area contributed by atoms with Crippen molar-refractivity contribution in [3.63, 3.8) is 0 Å². The van der Waals surface area contributed by atoms with Crippen LogP contribution < -0.4 is 5.32 Å². The molecule has 1 rings (SSSR count). The van der Waals surface area contributed by atoms with E-state index in [9.17, 15) is 0 Å². The predicted octanol–water partition coefficient (Wildman–Crippen LogP) is 3.61. The van der Waals surface area contributed by atoms with Crippen molar-refractivity contribution in [3.05, 3.63) is 0 Å². The first-order chi connectivity index (χ1) is 7.97. The Bertz CT molecular complexity index is 213. The summed E-state index contributed by atoms with van der Waals surface area (Å²) in [6.07, 6.45) is 5.45. The molecule has 1 aliphatic rings. The summed E-state index contributed by atoms with van der Waals surface area (Å²) in [4.78, 5) is 0. The highest BCUT2D eigenvalue weighted by Gasteiger charge is 2.39. The highest BCUT2D eigenvalue weighted by atomic mass is 16.5. The summed E-state index contributed by atoms with van der Waals surface area (Å²) in [6, 6.07) is 0.523. The molecule has 2 unspecified atom stereocenters. The first-order valence-corrected chi connectivity index (χ1v) is 7.32. The van der Waals surface area contributed by atoms with Gasteiger partial charge in [0.05, 0.1) is 6.10 Å². The SMILES string of the molecule is CCCNC1C(OCC(C)C)CCCC1(C)C. The number of ether oxygens (including phenoxy) is 1. The molecule has 1 N–H and O–H groups in total. The van der Waals surface area contributed by atoms with E-state index in [4.69, 9.17) is 4.74 Å². The number of hydrogen-bond donors (Lipinski definition) is 1. The van der Waals surface area contributed by atoms with E-state index >= 15 is 0 Å². The van der Waals surface area contributed by atoms with Crippen LogP contribution in [0.3, 0.4) is 0 Å². The average molecular weight is 241 g/mol. The monoisotopic (exact) mass is 241 g/mol. The van der Waals surface area contributed by atoms with Crippen molar-refractivity contribution in [2.75, 3.05) is 13.2 Å². The lowest BCUT2D eigenvalue weighted by Crippen LogP contribution is -2.53. The molecule has 0 heterocycles. The van der Waals surface area contributed by atoms with Crippen LogP contribution in [0, 0.1) is 11.3 Å². The summed E-state index contributed by atoms with van der Waals surface area (Å²) in [5, 5.41) is 3.71. The van der Waals surface area contributed by atoms with Gasteiger partial charge in [0, 0.05) is 12.6 Å². The molecule has 0 aromatic rings. The maximum atomic E-state index is 6.13. The number of rotatable bonds is 6. The number of nitrogens with one attached hydrogen (secondary N) is 1. The van der Waals surface area contributed by atoms with E-state index in [1.54, 1.807) is 0 Å². The zero-order valence-electron chi connectivity index (χ0n) is 12.4. The van der Waals surface area contributed by atoms with Gasteiger partial charge in [-0.3, -0.25) is 0 Å². The second kappa shape index (κ2) is 6.75. The van der Waals surface area contributed by atoms with Crippen molar-refractivity contribution < 1.29 is 4.74 Å². The highest BCUT2D eigenvalue weighted by Crippen LogP contribution is 2.37. The minimum absolute atomic E-state index is 0.370. The van der Waals surface area contributed by atoms with E-state index in [1.807, 2.05) is 0 Å². The predicted molar refractivity (Wildman–Crippen MR) is 74.3 cm³/mol. The molecule has 1 fully saturated rings. The molecule has 2 atom stereocenters. The van der Waals surface area contributed by atoms with Gasteiger partial charge in [0.25, 0.3) is 0 Å². The van der Waals surface area contributed by atoms with E-state index in [0.717, 1.165) is 13.2 Å². The first-order valence-electron chi connectivity index (χ1n) is 7.32. The van der Waals surface area contributed by atoms with Crippen molar-refractivity contribution in [3.8, 4) is 0 Å². The molecule has 102 valence electrons. The van der Waals surface area contributed by atoms with Crippen LogP contribution in [0.5, 0.6) is 0 Å². The van der Waals surface area contributed by atoms with Gasteiger partial charge in [-0.2, -0.15) is 0 Å². The quantitative estimate of drug-likeness (QED) is 0.767. The minimum atomic E-state index is 0.370. The lowest BCUT2D eigenvalue weighted by atomic mass is 9.71. The largest absolute Gasteiger partial charge is 0.376 e. The third-order valence-electron chi connectivity index (χ3n) is 3.78. The maximum absolute atomic E-state index is 6.13. The zero-order valence-corrected chi connectivity index (χ0v) is 12.4. The van der Waals surface area contributed by atoms with E-state index in [-0.39, 0.29) is 0 Å². The second-order valence-electron chi connectivity index (χ2n) is 6.58. The number of hydrogen-bond acceptors (Lipinski definition) is 2. The van der Waals surface area contributed by atoms with E-state index in [0.29, 0.717) is 23.5 Å². The van der Waals surface area contributed by atoms with Gasteiger partial charge in [-0.25, -0.2) is 0 Å². The fourth-order valence-electron chi connectivity index (χ4n) is 2.79. The first kappa shape index (κ1) is 15.0. The molecule has 0 saturated heterocycles. The Labute approximate surface area is 108 Å². The molecule has 2 heteroatoms. The molecule has 1 saturated carbocycles. The normalized spacial score (nSPS) is 28.6. The van der Waals surface area contributed by atoms with Crippen LogP contribution in [0.4, 0.5) is 0 Å². The van der Waals surface area contributed by atoms with Gasteiger partial charge in [-0.15, -0.1) is 0 Å². The molecule has 17 heavy (non-hydrogen) atoms. The molecule has 2 nitrogen and oxygen atoms in total. The molecular weight excluding hydrogens is 210 g/mol. The molecule has 0 spiro atoms. The Morgan fingerprint density at radius 1 is 1.35 bits per heavy atom. The summed E-state index contributed by atoms with van der Waals surface area (Å²) >= 11 is 0. The maximum Gasteiger partial charge on any atom is 0.0733 e. The molecule has 0 aromatic carbocycles. The minimum Gasteiger partial charge on any atom is -0.376 e. The van der Waals surface area contributed by atoms with Gasteiger partial charge >= 0.3 is 0 Å². The standard InChI is InChI=1S/C15H31NO/c1-6-10-16-14-13(17-11-12(2)3)8-7-9-15(14,4)5/h12-14,16H,6-11H2,1-5H3. The van der Waals surface area contributed by atoms with Gasteiger partial charge < -0.3 is 10.1 Å². The van der Waals surface area contributed by atoms with Crippen molar-refractivity contribution >= 4 is 0 Å². The van der Waals surface area contributed by atoms with E-state index in [2.05, 4.69) is 39.9 Å². The molecular formula is C15H31NO. The van der Waals surface area contributed by atoms with Gasteiger partial charge in [-0.05, 0) is 37.1 Å². The lowest BCUT2D eigenvalue weighted by molar-refractivity contribution is -0.0459. The van der Waals surface area contributed by atoms with Crippen LogP contribution in [0.2, 0.25) is 0 Å². The van der Waals surface area contributed by atoms with Crippen LogP contribution in [0.15, 0.2) is 0 Å². The van der Waals surface area contributed by atoms with Crippen LogP contribution in [0.25, 0.3) is 0 Å². The van der Waals surface area contributed by atoms with Crippen molar-refractivity contribution in [2.24, 2.45) is 11.3 Å². The van der Waals surface area contributed by atoms with E-state index in [1.165, 1.54) is 25.7 Å². The fourth-order valence-corrected chi connectivity index (χ4v) is 2.79. The Morgan fingerprint density at radius 2 is 2.06 bits per heavy atom. The van der Waals surface area contributed by atoms with Crippen LogP contribution >= 0.6 is 0 Å². The summed E-state index contributed by atoms with van der Waals surface area (Å²) in [5.41, 5.74) is 0.370. The van der Waals surface area contributed by atoms with Crippen molar-refractivity contribution in [1.82, 2.24) is 5.32 Å². The zero-order chi connectivity index (χ0) is 12.9. The average Bonchev–Trinajstić information content (AvgIpc) is 2.24. The third kappa shape index (κ3) is 4.59.